The summed E-state index contributed by atoms with van der Waals surface area (Å²) in [6.45, 7) is 2.58. The van der Waals surface area contributed by atoms with E-state index in [1.165, 1.54) is 0 Å². The van der Waals surface area contributed by atoms with Gasteiger partial charge in [0.1, 0.15) is 0 Å². The monoisotopic (exact) mass is 406 g/mol. The molecule has 4 rings (SSSR count). The van der Waals surface area contributed by atoms with Gasteiger partial charge in [-0.1, -0.05) is 24.3 Å². The largest absolute Gasteiger partial charge is 0.289 e. The van der Waals surface area contributed by atoms with Crippen LogP contribution in [0.25, 0.3) is 22.8 Å². The Bertz CT molecular complexity index is 1170. The van der Waals surface area contributed by atoms with Crippen LogP contribution in [0.2, 0.25) is 0 Å². The molecular weight excluding hydrogens is 384 g/mol. The topological polar surface area (TPSA) is 76.3 Å². The van der Waals surface area contributed by atoms with Crippen molar-refractivity contribution in [1.82, 2.24) is 19.9 Å². The minimum atomic E-state index is 0.0236. The second kappa shape index (κ2) is 10.1. The Balaban J connectivity index is 1.37. The van der Waals surface area contributed by atoms with Gasteiger partial charge in [-0.25, -0.2) is 9.97 Å². The molecule has 4 heterocycles. The first kappa shape index (κ1) is 20.2. The Morgan fingerprint density at radius 2 is 1.23 bits per heavy atom. The van der Waals surface area contributed by atoms with Crippen molar-refractivity contribution in [3.63, 3.8) is 0 Å². The number of rotatable bonds is 7. The first-order valence-electron chi connectivity index (χ1n) is 10.1. The molecular formula is C25H22N6. The van der Waals surface area contributed by atoms with Gasteiger partial charge in [0.15, 0.2) is 0 Å². The summed E-state index contributed by atoms with van der Waals surface area (Å²) < 4.78 is 0. The van der Waals surface area contributed by atoms with E-state index in [1.807, 2.05) is 79.7 Å². The van der Waals surface area contributed by atoms with Crippen molar-refractivity contribution < 1.29 is 0 Å². The summed E-state index contributed by atoms with van der Waals surface area (Å²) >= 11 is 0. The third kappa shape index (κ3) is 5.73. The lowest BCUT2D eigenvalue weighted by molar-refractivity contribution is 0.761. The highest BCUT2D eigenvalue weighted by molar-refractivity contribution is 5.79. The smallest absolute Gasteiger partial charge is 0.0894 e. The van der Waals surface area contributed by atoms with Gasteiger partial charge in [-0.05, 0) is 55.5 Å². The molecule has 6 nitrogen and oxygen atoms in total. The third-order valence-electron chi connectivity index (χ3n) is 4.45. The Morgan fingerprint density at radius 1 is 0.677 bits per heavy atom. The number of aliphatic imine (C=N–C) groups is 2. The molecule has 0 radical (unpaired) electrons. The fraction of sp³-hybridized carbons (Fsp3) is 0.120. The van der Waals surface area contributed by atoms with Crippen molar-refractivity contribution in [3.05, 3.63) is 96.6 Å². The lowest BCUT2D eigenvalue weighted by atomic mass is 10.2. The lowest BCUT2D eigenvalue weighted by Gasteiger charge is -2.03. The normalized spacial score (nSPS) is 12.4. The predicted molar refractivity (Wildman–Crippen MR) is 124 cm³/mol. The zero-order chi connectivity index (χ0) is 21.3. The molecule has 4 aromatic heterocycles. The Kier molecular flexibility index (Phi) is 6.60. The molecule has 0 spiro atoms. The van der Waals surface area contributed by atoms with Gasteiger partial charge in [0.2, 0.25) is 0 Å². The summed E-state index contributed by atoms with van der Waals surface area (Å²) in [6.07, 6.45) is 7.09. The standard InChI is InChI=1S/C25H22N6/c1-19(29-18-21-9-7-13-25(31-21)23-11-3-5-15-28-23)16-26-17-20-8-6-12-24(30-20)22-10-2-4-14-27-22/h2-15,17-19H,16H2,1H3/t19-/m0/s1. The van der Waals surface area contributed by atoms with Gasteiger partial charge < -0.3 is 0 Å². The zero-order valence-electron chi connectivity index (χ0n) is 17.2. The summed E-state index contributed by atoms with van der Waals surface area (Å²) in [4.78, 5) is 27.0. The van der Waals surface area contributed by atoms with Gasteiger partial charge in [-0.3, -0.25) is 20.0 Å². The summed E-state index contributed by atoms with van der Waals surface area (Å²) in [5, 5.41) is 0. The van der Waals surface area contributed by atoms with Crippen LogP contribution in [-0.4, -0.2) is 45.0 Å². The first-order chi connectivity index (χ1) is 15.3. The van der Waals surface area contributed by atoms with E-state index >= 15 is 0 Å². The molecule has 0 aliphatic heterocycles. The summed E-state index contributed by atoms with van der Waals surface area (Å²) in [7, 11) is 0. The molecule has 4 aromatic rings. The number of aromatic nitrogens is 4. The van der Waals surface area contributed by atoms with Crippen LogP contribution < -0.4 is 0 Å². The van der Waals surface area contributed by atoms with Crippen LogP contribution in [-0.2, 0) is 0 Å². The van der Waals surface area contributed by atoms with E-state index < -0.39 is 0 Å². The van der Waals surface area contributed by atoms with Gasteiger partial charge in [0.25, 0.3) is 0 Å². The summed E-state index contributed by atoms with van der Waals surface area (Å²) in [5.41, 5.74) is 4.93. The highest BCUT2D eigenvalue weighted by atomic mass is 14.9. The van der Waals surface area contributed by atoms with E-state index in [2.05, 4.69) is 29.9 Å². The van der Waals surface area contributed by atoms with Crippen LogP contribution in [0.5, 0.6) is 0 Å². The number of pyridine rings is 4. The van der Waals surface area contributed by atoms with E-state index in [0.717, 1.165) is 34.2 Å². The van der Waals surface area contributed by atoms with Crippen LogP contribution in [0.3, 0.4) is 0 Å². The molecule has 0 amide bonds. The summed E-state index contributed by atoms with van der Waals surface area (Å²) in [5.74, 6) is 0. The fourth-order valence-electron chi connectivity index (χ4n) is 2.91. The van der Waals surface area contributed by atoms with Crippen molar-refractivity contribution in [3.8, 4) is 22.8 Å². The molecule has 0 fully saturated rings. The molecule has 0 saturated heterocycles. The average Bonchev–Trinajstić information content (AvgIpc) is 2.84. The molecule has 0 aliphatic rings. The number of nitrogens with zero attached hydrogens (tertiary/aromatic N) is 6. The predicted octanol–water partition coefficient (Wildman–Crippen LogP) is 4.53. The fourth-order valence-corrected chi connectivity index (χ4v) is 2.91. The van der Waals surface area contributed by atoms with Crippen LogP contribution in [0, 0.1) is 0 Å². The van der Waals surface area contributed by atoms with Crippen molar-refractivity contribution in [2.24, 2.45) is 9.98 Å². The van der Waals surface area contributed by atoms with Gasteiger partial charge in [0.05, 0.1) is 46.8 Å². The van der Waals surface area contributed by atoms with E-state index in [4.69, 9.17) is 0 Å². The van der Waals surface area contributed by atoms with Crippen molar-refractivity contribution in [1.29, 1.82) is 0 Å². The van der Waals surface area contributed by atoms with Gasteiger partial charge in [-0.2, -0.15) is 0 Å². The van der Waals surface area contributed by atoms with E-state index in [-0.39, 0.29) is 6.04 Å². The number of hydrogen-bond donors (Lipinski definition) is 0. The Morgan fingerprint density at radius 3 is 1.77 bits per heavy atom. The average molecular weight is 406 g/mol. The molecule has 0 aliphatic carbocycles. The maximum absolute atomic E-state index is 4.62. The van der Waals surface area contributed by atoms with Gasteiger partial charge >= 0.3 is 0 Å². The third-order valence-corrected chi connectivity index (χ3v) is 4.45. The lowest BCUT2D eigenvalue weighted by Crippen LogP contribution is -2.05. The molecule has 0 saturated carbocycles. The summed E-state index contributed by atoms with van der Waals surface area (Å²) in [6, 6.07) is 23.2. The minimum Gasteiger partial charge on any atom is -0.289 e. The molecule has 6 heteroatoms. The maximum atomic E-state index is 4.62. The second-order valence-corrected chi connectivity index (χ2v) is 6.95. The van der Waals surface area contributed by atoms with E-state index in [0.29, 0.717) is 6.54 Å². The van der Waals surface area contributed by atoms with Gasteiger partial charge in [0, 0.05) is 24.8 Å². The van der Waals surface area contributed by atoms with Crippen LogP contribution in [0.15, 0.2) is 95.2 Å². The first-order valence-corrected chi connectivity index (χ1v) is 10.1. The SMILES string of the molecule is C[C@@H](CN=Cc1cccc(-c2ccccn2)n1)N=Cc1cccc(-c2ccccn2)n1. The molecule has 0 bridgehead atoms. The second-order valence-electron chi connectivity index (χ2n) is 6.95. The molecule has 152 valence electrons. The molecule has 1 atom stereocenters. The van der Waals surface area contributed by atoms with Crippen molar-refractivity contribution >= 4 is 12.4 Å². The van der Waals surface area contributed by atoms with Crippen LogP contribution >= 0.6 is 0 Å². The minimum absolute atomic E-state index is 0.0236. The Hall–Kier alpha value is -4.06. The van der Waals surface area contributed by atoms with E-state index in [1.54, 1.807) is 24.8 Å². The number of hydrogen-bond acceptors (Lipinski definition) is 6. The van der Waals surface area contributed by atoms with Crippen molar-refractivity contribution in [2.75, 3.05) is 6.54 Å². The molecule has 31 heavy (non-hydrogen) atoms. The highest BCUT2D eigenvalue weighted by Crippen LogP contribution is 2.14. The van der Waals surface area contributed by atoms with Gasteiger partial charge in [-0.15, -0.1) is 0 Å². The van der Waals surface area contributed by atoms with Crippen LogP contribution in [0.1, 0.15) is 18.3 Å². The van der Waals surface area contributed by atoms with Crippen LogP contribution in [0.4, 0.5) is 0 Å². The van der Waals surface area contributed by atoms with E-state index in [9.17, 15) is 0 Å². The quantitative estimate of drug-likeness (QED) is 0.423. The zero-order valence-corrected chi connectivity index (χ0v) is 17.2. The maximum Gasteiger partial charge on any atom is 0.0894 e. The molecule has 0 unspecified atom stereocenters. The Labute approximate surface area is 181 Å². The highest BCUT2D eigenvalue weighted by Gasteiger charge is 2.02. The molecule has 0 aromatic carbocycles. The van der Waals surface area contributed by atoms with Crippen molar-refractivity contribution in [2.45, 2.75) is 13.0 Å². The molecule has 0 N–H and O–H groups in total.